The molecule has 0 atom stereocenters. The van der Waals surface area contributed by atoms with Gasteiger partial charge in [0.05, 0.1) is 16.8 Å². The smallest absolute Gasteiger partial charge is 0.326 e. The van der Waals surface area contributed by atoms with Crippen LogP contribution in [0.2, 0.25) is 5.02 Å². The first-order valence-corrected chi connectivity index (χ1v) is 11.5. The van der Waals surface area contributed by atoms with Crippen molar-refractivity contribution in [2.45, 2.75) is 20.4 Å². The number of hydrogen-bond acceptors (Lipinski definition) is 5. The first-order valence-electron chi connectivity index (χ1n) is 10.3. The van der Waals surface area contributed by atoms with E-state index in [-0.39, 0.29) is 13.2 Å². The van der Waals surface area contributed by atoms with Crippen LogP contribution >= 0.6 is 22.9 Å². The highest BCUT2D eigenvalue weighted by Crippen LogP contribution is 2.27. The van der Waals surface area contributed by atoms with Crippen molar-refractivity contribution in [2.24, 2.45) is 4.99 Å². The number of carbonyl (C=O) groups excluding carboxylic acids is 2. The number of benzene rings is 3. The van der Waals surface area contributed by atoms with E-state index in [0.29, 0.717) is 26.9 Å². The lowest BCUT2D eigenvalue weighted by atomic mass is 10.2. The van der Waals surface area contributed by atoms with Crippen LogP contribution in [0.1, 0.15) is 22.8 Å². The largest absolute Gasteiger partial charge is 0.465 e. The molecule has 0 spiro atoms. The maximum atomic E-state index is 13.0. The Balaban J connectivity index is 1.74. The van der Waals surface area contributed by atoms with Gasteiger partial charge < -0.3 is 14.0 Å². The van der Waals surface area contributed by atoms with Crippen LogP contribution in [-0.4, -0.2) is 23.1 Å². The number of nitrogens with zero attached hydrogens (tertiary/aromatic N) is 2. The average molecular weight is 481 g/mol. The number of amides is 1. The second kappa shape index (κ2) is 10.0. The molecule has 8 heteroatoms. The third-order valence-electron chi connectivity index (χ3n) is 4.88. The van der Waals surface area contributed by atoms with Crippen molar-refractivity contribution in [3.8, 4) is 11.5 Å². The van der Waals surface area contributed by atoms with E-state index in [1.807, 2.05) is 43.3 Å². The molecule has 0 unspecified atom stereocenters. The Morgan fingerprint density at radius 3 is 2.55 bits per heavy atom. The average Bonchev–Trinajstić information content (AvgIpc) is 3.14. The van der Waals surface area contributed by atoms with Crippen molar-refractivity contribution in [1.29, 1.82) is 0 Å². The first-order chi connectivity index (χ1) is 16.0. The summed E-state index contributed by atoms with van der Waals surface area (Å²) in [5.41, 5.74) is 1.94. The SMILES string of the molecule is CCOC(=O)Cn1c(=NC(=O)c2cccc(Oc3ccccc3)c2)sc2ccc(Cl)c(C)c21. The summed E-state index contributed by atoms with van der Waals surface area (Å²) in [6.07, 6.45) is 0. The Hall–Kier alpha value is -3.42. The van der Waals surface area contributed by atoms with Crippen LogP contribution in [0.3, 0.4) is 0 Å². The standard InChI is InChI=1S/C25H21ClN2O4S/c1-3-31-22(29)15-28-23-16(2)20(26)12-13-21(23)33-25(28)27-24(30)17-8-7-11-19(14-17)32-18-9-5-4-6-10-18/h4-14H,3,15H2,1-2H3. The van der Waals surface area contributed by atoms with Gasteiger partial charge in [0.15, 0.2) is 4.80 Å². The maximum absolute atomic E-state index is 13.0. The summed E-state index contributed by atoms with van der Waals surface area (Å²) in [6.45, 7) is 3.81. The fraction of sp³-hybridized carbons (Fsp3) is 0.160. The van der Waals surface area contributed by atoms with Gasteiger partial charge in [-0.1, -0.05) is 47.2 Å². The zero-order valence-corrected chi connectivity index (χ0v) is 19.7. The van der Waals surface area contributed by atoms with Crippen molar-refractivity contribution >= 4 is 45.0 Å². The van der Waals surface area contributed by atoms with Gasteiger partial charge in [-0.05, 0) is 61.9 Å². The lowest BCUT2D eigenvalue weighted by Crippen LogP contribution is -2.23. The van der Waals surface area contributed by atoms with Crippen molar-refractivity contribution in [3.05, 3.63) is 87.7 Å². The number of aromatic nitrogens is 1. The number of esters is 1. The number of para-hydroxylation sites is 1. The minimum Gasteiger partial charge on any atom is -0.465 e. The van der Waals surface area contributed by atoms with Gasteiger partial charge in [-0.25, -0.2) is 0 Å². The van der Waals surface area contributed by atoms with Crippen LogP contribution in [0.15, 0.2) is 71.7 Å². The Kier molecular flexibility index (Phi) is 6.91. The van der Waals surface area contributed by atoms with E-state index in [9.17, 15) is 9.59 Å². The molecule has 1 aromatic heterocycles. The molecule has 4 rings (SSSR count). The van der Waals surface area contributed by atoms with Crippen molar-refractivity contribution in [1.82, 2.24) is 4.57 Å². The fourth-order valence-electron chi connectivity index (χ4n) is 3.35. The Bertz CT molecular complexity index is 1390. The highest BCUT2D eigenvalue weighted by Gasteiger charge is 2.16. The summed E-state index contributed by atoms with van der Waals surface area (Å²) in [5, 5.41) is 0.571. The Labute approximate surface area is 199 Å². The van der Waals surface area contributed by atoms with Gasteiger partial charge in [0.2, 0.25) is 0 Å². The summed E-state index contributed by atoms with van der Waals surface area (Å²) in [7, 11) is 0. The molecule has 4 aromatic rings. The first kappa shape index (κ1) is 22.8. The molecule has 0 radical (unpaired) electrons. The lowest BCUT2D eigenvalue weighted by molar-refractivity contribution is -0.143. The topological polar surface area (TPSA) is 69.9 Å². The highest BCUT2D eigenvalue weighted by atomic mass is 35.5. The Morgan fingerprint density at radius 1 is 1.03 bits per heavy atom. The number of hydrogen-bond donors (Lipinski definition) is 0. The molecule has 33 heavy (non-hydrogen) atoms. The van der Waals surface area contributed by atoms with Gasteiger partial charge in [0.25, 0.3) is 5.91 Å². The molecule has 0 saturated heterocycles. The van der Waals surface area contributed by atoms with Crippen LogP contribution in [-0.2, 0) is 16.1 Å². The molecule has 168 valence electrons. The van der Waals surface area contributed by atoms with Gasteiger partial charge >= 0.3 is 5.97 Å². The maximum Gasteiger partial charge on any atom is 0.326 e. The van der Waals surface area contributed by atoms with Crippen LogP contribution in [0.4, 0.5) is 0 Å². The molecule has 0 fully saturated rings. The van der Waals surface area contributed by atoms with Gasteiger partial charge in [-0.3, -0.25) is 9.59 Å². The zero-order valence-electron chi connectivity index (χ0n) is 18.1. The summed E-state index contributed by atoms with van der Waals surface area (Å²) >= 11 is 7.63. The quantitative estimate of drug-likeness (QED) is 0.329. The van der Waals surface area contributed by atoms with E-state index in [2.05, 4.69) is 4.99 Å². The number of carbonyl (C=O) groups is 2. The van der Waals surface area contributed by atoms with Crippen LogP contribution in [0.25, 0.3) is 10.2 Å². The van der Waals surface area contributed by atoms with E-state index < -0.39 is 11.9 Å². The van der Waals surface area contributed by atoms with E-state index in [1.165, 1.54) is 11.3 Å². The molecule has 1 amide bonds. The second-order valence-electron chi connectivity index (χ2n) is 7.15. The number of aryl methyl sites for hydroxylation is 1. The molecule has 0 saturated carbocycles. The summed E-state index contributed by atoms with van der Waals surface area (Å²) in [4.78, 5) is 30.0. The number of ether oxygens (including phenoxy) is 2. The highest BCUT2D eigenvalue weighted by molar-refractivity contribution is 7.16. The minimum atomic E-state index is -0.443. The molecular weight excluding hydrogens is 460 g/mol. The molecule has 0 N–H and O–H groups in total. The van der Waals surface area contributed by atoms with Crippen molar-refractivity contribution in [2.75, 3.05) is 6.61 Å². The number of halogens is 1. The summed E-state index contributed by atoms with van der Waals surface area (Å²) in [6, 6.07) is 19.8. The number of fused-ring (bicyclic) bond motifs is 1. The molecule has 0 aliphatic rings. The second-order valence-corrected chi connectivity index (χ2v) is 8.57. The molecule has 0 bridgehead atoms. The van der Waals surface area contributed by atoms with E-state index >= 15 is 0 Å². The van der Waals surface area contributed by atoms with Gasteiger partial charge in [0, 0.05) is 10.6 Å². The molecule has 1 heterocycles. The van der Waals surface area contributed by atoms with Crippen molar-refractivity contribution < 1.29 is 19.1 Å². The Morgan fingerprint density at radius 2 is 1.79 bits per heavy atom. The number of rotatable bonds is 6. The van der Waals surface area contributed by atoms with Crippen LogP contribution < -0.4 is 9.54 Å². The lowest BCUT2D eigenvalue weighted by Gasteiger charge is -2.08. The van der Waals surface area contributed by atoms with E-state index in [0.717, 1.165) is 15.8 Å². The fourth-order valence-corrected chi connectivity index (χ4v) is 4.59. The molecule has 0 aliphatic heterocycles. The van der Waals surface area contributed by atoms with Crippen LogP contribution in [0.5, 0.6) is 11.5 Å². The normalized spacial score (nSPS) is 11.5. The monoisotopic (exact) mass is 480 g/mol. The summed E-state index contributed by atoms with van der Waals surface area (Å²) < 4.78 is 13.5. The van der Waals surface area contributed by atoms with Gasteiger partial charge in [-0.2, -0.15) is 4.99 Å². The predicted molar refractivity (Wildman–Crippen MR) is 129 cm³/mol. The van der Waals surface area contributed by atoms with Crippen molar-refractivity contribution in [3.63, 3.8) is 0 Å². The predicted octanol–water partition coefficient (Wildman–Crippen LogP) is 5.76. The summed E-state index contributed by atoms with van der Waals surface area (Å²) in [5.74, 6) is 0.342. The van der Waals surface area contributed by atoms with Crippen LogP contribution in [0, 0.1) is 6.92 Å². The third-order valence-corrected chi connectivity index (χ3v) is 6.33. The van der Waals surface area contributed by atoms with E-state index in [1.54, 1.807) is 41.8 Å². The molecule has 0 aliphatic carbocycles. The van der Waals surface area contributed by atoms with Gasteiger partial charge in [-0.15, -0.1) is 0 Å². The third kappa shape index (κ3) is 5.16. The number of thiazole rings is 1. The molecular formula is C25H21ClN2O4S. The van der Waals surface area contributed by atoms with E-state index in [4.69, 9.17) is 21.1 Å². The van der Waals surface area contributed by atoms with Gasteiger partial charge in [0.1, 0.15) is 18.0 Å². The zero-order chi connectivity index (χ0) is 23.4. The minimum absolute atomic E-state index is 0.0711. The molecule has 3 aromatic carbocycles. The molecule has 6 nitrogen and oxygen atoms in total.